The number of halogens is 1. The van der Waals surface area contributed by atoms with Crippen molar-refractivity contribution in [1.29, 1.82) is 0 Å². The fourth-order valence-electron chi connectivity index (χ4n) is 4.56. The highest BCUT2D eigenvalue weighted by Gasteiger charge is 2.37. The van der Waals surface area contributed by atoms with Crippen LogP contribution in [0.15, 0.2) is 71.6 Å². The van der Waals surface area contributed by atoms with E-state index < -0.39 is 22.0 Å². The molecule has 1 atom stereocenters. The number of carbonyl (C=O) groups excluding carboxylic acids is 1. The molecule has 1 saturated heterocycles. The molecule has 0 saturated carbocycles. The molecule has 5 rings (SSSR count). The van der Waals surface area contributed by atoms with Crippen molar-refractivity contribution in [3.05, 3.63) is 77.3 Å². The molecule has 3 aromatic rings. The number of hydrogen-bond acceptors (Lipinski definition) is 5. The number of nitrogens with one attached hydrogen (secondary N) is 1. The Morgan fingerprint density at radius 1 is 0.972 bits per heavy atom. The van der Waals surface area contributed by atoms with Crippen molar-refractivity contribution < 1.29 is 17.9 Å². The first-order chi connectivity index (χ1) is 17.3. The summed E-state index contributed by atoms with van der Waals surface area (Å²) in [4.78, 5) is 15.7. The molecule has 7 nitrogen and oxygen atoms in total. The topological polar surface area (TPSA) is 79.0 Å². The van der Waals surface area contributed by atoms with E-state index in [0.717, 1.165) is 24.3 Å². The van der Waals surface area contributed by atoms with Gasteiger partial charge in [-0.05, 0) is 80.8 Å². The number of benzene rings is 3. The summed E-state index contributed by atoms with van der Waals surface area (Å²) in [5.41, 5.74) is 3.00. The smallest absolute Gasteiger partial charge is 0.267 e. The average Bonchev–Trinajstić information content (AvgIpc) is 2.89. The molecule has 1 fully saturated rings. The standard InChI is InChI=1S/C27H28ClN3O4S/c1-19-5-12-23(13-6-19)36(33,34)31-18-26(35-25-14-7-20(28)17-24(25)31)27(32)29-21-8-10-22(11-9-21)30-15-3-2-4-16-30/h5-14,17,26H,2-4,15-16,18H2,1H3,(H,29,32)/t26-/m0/s1. The van der Waals surface area contributed by atoms with E-state index in [1.165, 1.54) is 29.6 Å². The highest BCUT2D eigenvalue weighted by Crippen LogP contribution is 2.39. The molecule has 36 heavy (non-hydrogen) atoms. The number of anilines is 3. The predicted molar refractivity (Wildman–Crippen MR) is 143 cm³/mol. The summed E-state index contributed by atoms with van der Waals surface area (Å²) in [6.45, 7) is 3.79. The number of aryl methyl sites for hydroxylation is 1. The number of carbonyl (C=O) groups is 1. The van der Waals surface area contributed by atoms with E-state index in [4.69, 9.17) is 16.3 Å². The monoisotopic (exact) mass is 525 g/mol. The first-order valence-electron chi connectivity index (χ1n) is 12.0. The second kappa shape index (κ2) is 10.0. The van der Waals surface area contributed by atoms with E-state index in [2.05, 4.69) is 10.2 Å². The first kappa shape index (κ1) is 24.5. The molecule has 0 aliphatic carbocycles. The molecule has 1 amide bonds. The minimum absolute atomic E-state index is 0.133. The van der Waals surface area contributed by atoms with Crippen molar-refractivity contribution >= 4 is 44.6 Å². The third-order valence-electron chi connectivity index (χ3n) is 6.55. The summed E-state index contributed by atoms with van der Waals surface area (Å²) < 4.78 is 34.3. The number of fused-ring (bicyclic) bond motifs is 1. The van der Waals surface area contributed by atoms with Crippen LogP contribution >= 0.6 is 11.6 Å². The van der Waals surface area contributed by atoms with E-state index >= 15 is 0 Å². The van der Waals surface area contributed by atoms with Gasteiger partial charge >= 0.3 is 0 Å². The van der Waals surface area contributed by atoms with Gasteiger partial charge in [0.25, 0.3) is 15.9 Å². The minimum atomic E-state index is -3.96. The van der Waals surface area contributed by atoms with Crippen LogP contribution in [0.2, 0.25) is 5.02 Å². The molecule has 0 radical (unpaired) electrons. The lowest BCUT2D eigenvalue weighted by molar-refractivity contribution is -0.122. The number of nitrogens with zero attached hydrogens (tertiary/aromatic N) is 2. The van der Waals surface area contributed by atoms with Gasteiger partial charge in [-0.2, -0.15) is 0 Å². The van der Waals surface area contributed by atoms with Gasteiger partial charge in [-0.3, -0.25) is 9.10 Å². The van der Waals surface area contributed by atoms with Crippen LogP contribution in [-0.4, -0.2) is 40.1 Å². The zero-order chi connectivity index (χ0) is 25.3. The van der Waals surface area contributed by atoms with Gasteiger partial charge < -0.3 is 15.0 Å². The Balaban J connectivity index is 1.38. The Hall–Kier alpha value is -3.23. The van der Waals surface area contributed by atoms with Gasteiger partial charge in [-0.25, -0.2) is 8.42 Å². The van der Waals surface area contributed by atoms with E-state index in [0.29, 0.717) is 16.4 Å². The van der Waals surface area contributed by atoms with Crippen molar-refractivity contribution in [2.45, 2.75) is 37.2 Å². The summed E-state index contributed by atoms with van der Waals surface area (Å²) in [5.74, 6) is -0.146. The molecular weight excluding hydrogens is 498 g/mol. The Kier molecular flexibility index (Phi) is 6.81. The molecule has 2 heterocycles. The number of piperidine rings is 1. The number of rotatable bonds is 5. The Labute approximate surface area is 216 Å². The van der Waals surface area contributed by atoms with E-state index in [1.54, 1.807) is 36.4 Å². The van der Waals surface area contributed by atoms with Crippen molar-refractivity contribution in [3.8, 4) is 5.75 Å². The Morgan fingerprint density at radius 2 is 1.67 bits per heavy atom. The fraction of sp³-hybridized carbons (Fsp3) is 0.296. The quantitative estimate of drug-likeness (QED) is 0.493. The van der Waals surface area contributed by atoms with Crippen molar-refractivity contribution in [1.82, 2.24) is 0 Å². The van der Waals surface area contributed by atoms with E-state index in [9.17, 15) is 13.2 Å². The van der Waals surface area contributed by atoms with Crippen molar-refractivity contribution in [3.63, 3.8) is 0 Å². The van der Waals surface area contributed by atoms with Gasteiger partial charge in [0.2, 0.25) is 0 Å². The normalized spacial score (nSPS) is 17.8. The van der Waals surface area contributed by atoms with Gasteiger partial charge in [0.15, 0.2) is 6.10 Å². The van der Waals surface area contributed by atoms with Crippen LogP contribution in [0.25, 0.3) is 0 Å². The molecule has 1 N–H and O–H groups in total. The molecule has 9 heteroatoms. The maximum absolute atomic E-state index is 13.6. The van der Waals surface area contributed by atoms with Crippen molar-refractivity contribution in [2.75, 3.05) is 34.2 Å². The van der Waals surface area contributed by atoms with Gasteiger partial charge in [0.05, 0.1) is 17.1 Å². The summed E-state index contributed by atoms with van der Waals surface area (Å²) in [7, 11) is -3.96. The fourth-order valence-corrected chi connectivity index (χ4v) is 6.19. The van der Waals surface area contributed by atoms with Crippen LogP contribution in [0.1, 0.15) is 24.8 Å². The molecule has 2 aliphatic rings. The van der Waals surface area contributed by atoms with Crippen LogP contribution < -0.4 is 19.3 Å². The molecule has 0 unspecified atom stereocenters. The summed E-state index contributed by atoms with van der Waals surface area (Å²) in [6, 6.07) is 19.0. The molecular formula is C27H28ClN3O4S. The van der Waals surface area contributed by atoms with Crippen LogP contribution in [0.5, 0.6) is 5.75 Å². The zero-order valence-corrected chi connectivity index (χ0v) is 21.6. The summed E-state index contributed by atoms with van der Waals surface area (Å²) >= 11 is 6.17. The number of sulfonamides is 1. The zero-order valence-electron chi connectivity index (χ0n) is 20.0. The van der Waals surface area contributed by atoms with Crippen LogP contribution in [-0.2, 0) is 14.8 Å². The molecule has 188 valence electrons. The van der Waals surface area contributed by atoms with Crippen LogP contribution in [0.4, 0.5) is 17.1 Å². The number of hydrogen-bond donors (Lipinski definition) is 1. The molecule has 0 aromatic heterocycles. The van der Waals surface area contributed by atoms with Gasteiger partial charge in [-0.15, -0.1) is 0 Å². The van der Waals surface area contributed by atoms with Crippen molar-refractivity contribution in [2.24, 2.45) is 0 Å². The SMILES string of the molecule is Cc1ccc(S(=O)(=O)N2C[C@@H](C(=O)Nc3ccc(N4CCCCC4)cc3)Oc3ccc(Cl)cc32)cc1. The van der Waals surface area contributed by atoms with E-state index in [-0.39, 0.29) is 17.2 Å². The van der Waals surface area contributed by atoms with Gasteiger partial charge in [0, 0.05) is 29.5 Å². The third kappa shape index (κ3) is 5.01. The Bertz CT molecular complexity index is 1350. The molecule has 0 bridgehead atoms. The minimum Gasteiger partial charge on any atom is -0.476 e. The van der Waals surface area contributed by atoms with Gasteiger partial charge in [0.1, 0.15) is 5.75 Å². The second-order valence-corrected chi connectivity index (χ2v) is 11.5. The van der Waals surface area contributed by atoms with Crippen LogP contribution in [0.3, 0.4) is 0 Å². The lowest BCUT2D eigenvalue weighted by atomic mass is 10.1. The highest BCUT2D eigenvalue weighted by molar-refractivity contribution is 7.92. The number of amides is 1. The third-order valence-corrected chi connectivity index (χ3v) is 8.58. The maximum Gasteiger partial charge on any atom is 0.267 e. The molecule has 3 aromatic carbocycles. The second-order valence-electron chi connectivity index (χ2n) is 9.15. The lowest BCUT2D eigenvalue weighted by Crippen LogP contribution is -2.48. The summed E-state index contributed by atoms with van der Waals surface area (Å²) in [5, 5.41) is 3.25. The van der Waals surface area contributed by atoms with E-state index in [1.807, 2.05) is 31.2 Å². The predicted octanol–water partition coefficient (Wildman–Crippen LogP) is 5.23. The first-order valence-corrected chi connectivity index (χ1v) is 13.8. The molecule has 2 aliphatic heterocycles. The Morgan fingerprint density at radius 3 is 2.36 bits per heavy atom. The maximum atomic E-state index is 13.6. The largest absolute Gasteiger partial charge is 0.476 e. The van der Waals surface area contributed by atoms with Crippen LogP contribution in [0, 0.1) is 6.92 Å². The molecule has 0 spiro atoms. The average molecular weight is 526 g/mol. The highest BCUT2D eigenvalue weighted by atomic mass is 35.5. The lowest BCUT2D eigenvalue weighted by Gasteiger charge is -2.35. The summed E-state index contributed by atoms with van der Waals surface area (Å²) in [6.07, 6.45) is 2.59. The number of ether oxygens (including phenoxy) is 1. The van der Waals surface area contributed by atoms with Gasteiger partial charge in [-0.1, -0.05) is 29.3 Å².